The molecule has 0 fully saturated rings. The third-order valence-electron chi connectivity index (χ3n) is 6.80. The number of hydrogen-bond acceptors (Lipinski definition) is 5. The van der Waals surface area contributed by atoms with E-state index in [0.717, 1.165) is 27.8 Å². The Labute approximate surface area is 239 Å². The van der Waals surface area contributed by atoms with Gasteiger partial charge in [-0.2, -0.15) is 4.31 Å². The van der Waals surface area contributed by atoms with Gasteiger partial charge in [-0.25, -0.2) is 13.4 Å². The Morgan fingerprint density at radius 3 is 2.00 bits per heavy atom. The minimum atomic E-state index is -3.74. The third kappa shape index (κ3) is 5.99. The standard InChI is InChI=1S/C32H31N3O3S2/c1-3-24-15-20-29-30(21-24)39-32(33-29)35(23-26-13-9-6-10-14-26)31(36)27-16-18-28(19-17-27)40(37,38)34(4-2)22-25-11-7-5-8-12-25/h5-21H,3-4,22-23H2,1-2H3. The van der Waals surface area contributed by atoms with Crippen LogP contribution < -0.4 is 4.90 Å². The second-order valence-electron chi connectivity index (χ2n) is 9.47. The number of amides is 1. The summed E-state index contributed by atoms with van der Waals surface area (Å²) < 4.78 is 29.3. The summed E-state index contributed by atoms with van der Waals surface area (Å²) in [5, 5.41) is 0.605. The molecule has 0 saturated heterocycles. The molecule has 5 rings (SSSR count). The first-order chi connectivity index (χ1) is 19.4. The highest BCUT2D eigenvalue weighted by Gasteiger charge is 2.26. The van der Waals surface area contributed by atoms with E-state index in [9.17, 15) is 13.2 Å². The Balaban J connectivity index is 1.44. The molecule has 4 aromatic carbocycles. The van der Waals surface area contributed by atoms with E-state index in [0.29, 0.717) is 23.8 Å². The number of carbonyl (C=O) groups excluding carboxylic acids is 1. The molecule has 5 aromatic rings. The Hall–Kier alpha value is -3.85. The van der Waals surface area contributed by atoms with E-state index >= 15 is 0 Å². The van der Waals surface area contributed by atoms with E-state index in [-0.39, 0.29) is 17.3 Å². The Morgan fingerprint density at radius 1 is 0.775 bits per heavy atom. The largest absolute Gasteiger partial charge is 0.279 e. The van der Waals surface area contributed by atoms with E-state index in [4.69, 9.17) is 4.98 Å². The van der Waals surface area contributed by atoms with Crippen molar-refractivity contribution < 1.29 is 13.2 Å². The average Bonchev–Trinajstić information content (AvgIpc) is 3.42. The van der Waals surface area contributed by atoms with Gasteiger partial charge in [-0.05, 0) is 59.5 Å². The van der Waals surface area contributed by atoms with Crippen molar-refractivity contribution >= 4 is 42.6 Å². The van der Waals surface area contributed by atoms with Crippen LogP contribution in [0.2, 0.25) is 0 Å². The van der Waals surface area contributed by atoms with Gasteiger partial charge in [-0.3, -0.25) is 9.69 Å². The molecule has 204 valence electrons. The molecule has 0 atom stereocenters. The van der Waals surface area contributed by atoms with Crippen molar-refractivity contribution in [2.24, 2.45) is 0 Å². The van der Waals surface area contributed by atoms with Crippen molar-refractivity contribution in [3.8, 4) is 0 Å². The third-order valence-corrected chi connectivity index (χ3v) is 9.78. The van der Waals surface area contributed by atoms with Gasteiger partial charge in [0.05, 0.1) is 21.7 Å². The molecule has 0 N–H and O–H groups in total. The number of hydrogen-bond donors (Lipinski definition) is 0. The van der Waals surface area contributed by atoms with Crippen LogP contribution in [-0.4, -0.2) is 30.2 Å². The van der Waals surface area contributed by atoms with Crippen molar-refractivity contribution in [2.75, 3.05) is 11.4 Å². The lowest BCUT2D eigenvalue weighted by Crippen LogP contribution is -2.31. The Morgan fingerprint density at radius 2 is 1.40 bits per heavy atom. The lowest BCUT2D eigenvalue weighted by atomic mass is 10.1. The maximum atomic E-state index is 13.9. The number of nitrogens with zero attached hydrogens (tertiary/aromatic N) is 3. The molecule has 0 aliphatic rings. The van der Waals surface area contributed by atoms with Gasteiger partial charge in [0.15, 0.2) is 5.13 Å². The molecule has 0 bridgehead atoms. The SMILES string of the molecule is CCc1ccc2nc(N(Cc3ccccc3)C(=O)c3ccc(S(=O)(=O)N(CC)Cc4ccccc4)cc3)sc2c1. The van der Waals surface area contributed by atoms with E-state index in [1.165, 1.54) is 33.3 Å². The summed E-state index contributed by atoms with van der Waals surface area (Å²) in [5.74, 6) is -0.237. The summed E-state index contributed by atoms with van der Waals surface area (Å²) in [6.45, 7) is 4.89. The second kappa shape index (κ2) is 12.1. The number of aryl methyl sites for hydroxylation is 1. The lowest BCUT2D eigenvalue weighted by molar-refractivity contribution is 0.0985. The van der Waals surface area contributed by atoms with Crippen LogP contribution in [0.4, 0.5) is 5.13 Å². The molecule has 8 heteroatoms. The Kier molecular flexibility index (Phi) is 8.40. The highest BCUT2D eigenvalue weighted by atomic mass is 32.2. The number of aromatic nitrogens is 1. The van der Waals surface area contributed by atoms with Crippen molar-refractivity contribution in [3.63, 3.8) is 0 Å². The number of benzene rings is 4. The van der Waals surface area contributed by atoms with E-state index in [2.05, 4.69) is 19.1 Å². The van der Waals surface area contributed by atoms with Crippen LogP contribution in [0, 0.1) is 0 Å². The normalized spacial score (nSPS) is 11.7. The molecular formula is C32H31N3O3S2. The van der Waals surface area contributed by atoms with Crippen LogP contribution in [0.3, 0.4) is 0 Å². The first-order valence-corrected chi connectivity index (χ1v) is 15.5. The molecule has 0 radical (unpaired) electrons. The molecule has 0 aliphatic heterocycles. The molecule has 1 aromatic heterocycles. The van der Waals surface area contributed by atoms with Crippen molar-refractivity contribution in [1.29, 1.82) is 0 Å². The summed E-state index contributed by atoms with van der Waals surface area (Å²) in [5.41, 5.74) is 4.35. The predicted molar refractivity (Wildman–Crippen MR) is 162 cm³/mol. The molecule has 0 aliphatic carbocycles. The minimum Gasteiger partial charge on any atom is -0.279 e. The number of rotatable bonds is 10. The van der Waals surface area contributed by atoms with Crippen molar-refractivity contribution in [1.82, 2.24) is 9.29 Å². The van der Waals surface area contributed by atoms with Crippen LogP contribution in [0.1, 0.15) is 40.9 Å². The smallest absolute Gasteiger partial charge is 0.260 e. The first kappa shape index (κ1) is 27.7. The first-order valence-electron chi connectivity index (χ1n) is 13.3. The average molecular weight is 570 g/mol. The van der Waals surface area contributed by atoms with Crippen LogP contribution in [0.15, 0.2) is 108 Å². The van der Waals surface area contributed by atoms with E-state index in [1.807, 2.05) is 73.7 Å². The molecule has 40 heavy (non-hydrogen) atoms. The number of anilines is 1. The Bertz CT molecular complexity index is 1700. The highest BCUT2D eigenvalue weighted by molar-refractivity contribution is 7.89. The number of sulfonamides is 1. The monoisotopic (exact) mass is 569 g/mol. The summed E-state index contributed by atoms with van der Waals surface area (Å²) in [6, 6.07) is 31.7. The molecule has 0 spiro atoms. The topological polar surface area (TPSA) is 70.6 Å². The quantitative estimate of drug-likeness (QED) is 0.183. The van der Waals surface area contributed by atoms with Gasteiger partial charge in [-0.1, -0.05) is 91.9 Å². The zero-order valence-corrected chi connectivity index (χ0v) is 24.2. The minimum absolute atomic E-state index is 0.156. The number of fused-ring (bicyclic) bond motifs is 1. The van der Waals surface area contributed by atoms with Gasteiger partial charge in [0.2, 0.25) is 10.0 Å². The molecular weight excluding hydrogens is 539 g/mol. The van der Waals surface area contributed by atoms with Crippen LogP contribution >= 0.6 is 11.3 Å². The number of thiazole rings is 1. The summed E-state index contributed by atoms with van der Waals surface area (Å²) in [4.78, 5) is 20.5. The summed E-state index contributed by atoms with van der Waals surface area (Å²) in [7, 11) is -3.74. The van der Waals surface area contributed by atoms with Gasteiger partial charge in [-0.15, -0.1) is 0 Å². The molecule has 1 amide bonds. The fourth-order valence-corrected chi connectivity index (χ4v) is 6.98. The summed E-state index contributed by atoms with van der Waals surface area (Å²) in [6.07, 6.45) is 0.923. The zero-order valence-electron chi connectivity index (χ0n) is 22.5. The summed E-state index contributed by atoms with van der Waals surface area (Å²) >= 11 is 1.48. The second-order valence-corrected chi connectivity index (χ2v) is 12.4. The fraction of sp³-hybridized carbons (Fsp3) is 0.188. The maximum absolute atomic E-state index is 13.9. The fourth-order valence-electron chi connectivity index (χ4n) is 4.51. The van der Waals surface area contributed by atoms with Crippen molar-refractivity contribution in [3.05, 3.63) is 125 Å². The zero-order chi connectivity index (χ0) is 28.1. The molecule has 0 saturated carbocycles. The predicted octanol–water partition coefficient (Wildman–Crippen LogP) is 6.92. The van der Waals surface area contributed by atoms with E-state index < -0.39 is 10.0 Å². The van der Waals surface area contributed by atoms with Gasteiger partial charge in [0.25, 0.3) is 5.91 Å². The maximum Gasteiger partial charge on any atom is 0.260 e. The molecule has 6 nitrogen and oxygen atoms in total. The van der Waals surface area contributed by atoms with Gasteiger partial charge in [0, 0.05) is 18.7 Å². The molecule has 1 heterocycles. The van der Waals surface area contributed by atoms with Gasteiger partial charge >= 0.3 is 0 Å². The lowest BCUT2D eigenvalue weighted by Gasteiger charge is -2.22. The van der Waals surface area contributed by atoms with Crippen molar-refractivity contribution in [2.45, 2.75) is 38.3 Å². The highest BCUT2D eigenvalue weighted by Crippen LogP contribution is 2.32. The molecule has 0 unspecified atom stereocenters. The van der Waals surface area contributed by atoms with Gasteiger partial charge in [0.1, 0.15) is 0 Å². The van der Waals surface area contributed by atoms with Crippen LogP contribution in [0.5, 0.6) is 0 Å². The van der Waals surface area contributed by atoms with Gasteiger partial charge < -0.3 is 0 Å². The van der Waals surface area contributed by atoms with E-state index in [1.54, 1.807) is 17.0 Å². The van der Waals surface area contributed by atoms with Crippen LogP contribution in [0.25, 0.3) is 10.2 Å². The number of carbonyl (C=O) groups is 1. The van der Waals surface area contributed by atoms with Crippen LogP contribution in [-0.2, 0) is 29.5 Å².